The van der Waals surface area contributed by atoms with E-state index in [0.29, 0.717) is 17.3 Å². The Labute approximate surface area is 138 Å². The summed E-state index contributed by atoms with van der Waals surface area (Å²) in [4.78, 5) is 24.2. The lowest BCUT2D eigenvalue weighted by Crippen LogP contribution is -2.30. The fourth-order valence-corrected chi connectivity index (χ4v) is 2.12. The average Bonchev–Trinajstić information content (AvgIpc) is 2.47. The van der Waals surface area contributed by atoms with Gasteiger partial charge in [0.1, 0.15) is 11.6 Å². The molecule has 126 valence electrons. The molecule has 0 fully saturated rings. The molecule has 0 bridgehead atoms. The van der Waals surface area contributed by atoms with Gasteiger partial charge in [0.05, 0.1) is 0 Å². The number of aryl methyl sites for hydroxylation is 1. The van der Waals surface area contributed by atoms with Gasteiger partial charge in [0.15, 0.2) is 0 Å². The molecular weight excluding hydrogens is 314 g/mol. The van der Waals surface area contributed by atoms with Gasteiger partial charge in [-0.2, -0.15) is 0 Å². The van der Waals surface area contributed by atoms with Crippen LogP contribution in [0.3, 0.4) is 0 Å². The van der Waals surface area contributed by atoms with Gasteiger partial charge in [0, 0.05) is 28.9 Å². The highest BCUT2D eigenvalue weighted by Crippen LogP contribution is 2.19. The summed E-state index contributed by atoms with van der Waals surface area (Å²) >= 11 is 0. The molecule has 0 unspecified atom stereocenters. The largest absolute Gasteiger partial charge is 0.350 e. The Kier molecular flexibility index (Phi) is 5.28. The minimum absolute atomic E-state index is 0.0212. The predicted octanol–water partition coefficient (Wildman–Crippen LogP) is 3.66. The number of carbonyl (C=O) groups is 2. The molecule has 2 rings (SSSR count). The normalized spacial score (nSPS) is 10.6. The van der Waals surface area contributed by atoms with Gasteiger partial charge in [-0.15, -0.1) is 0 Å². The molecule has 2 amide bonds. The van der Waals surface area contributed by atoms with Crippen LogP contribution < -0.4 is 10.6 Å². The molecule has 0 heterocycles. The zero-order valence-corrected chi connectivity index (χ0v) is 13.6. The van der Waals surface area contributed by atoms with E-state index in [1.54, 1.807) is 19.1 Å². The molecule has 2 aromatic carbocycles. The van der Waals surface area contributed by atoms with Crippen molar-refractivity contribution in [1.29, 1.82) is 0 Å². The van der Waals surface area contributed by atoms with Crippen LogP contribution in [0.1, 0.15) is 40.1 Å². The van der Waals surface area contributed by atoms with Crippen LogP contribution in [-0.2, 0) is 0 Å². The van der Waals surface area contributed by atoms with Gasteiger partial charge in [0.25, 0.3) is 11.8 Å². The van der Waals surface area contributed by atoms with Crippen molar-refractivity contribution in [3.63, 3.8) is 0 Å². The first-order valence-corrected chi connectivity index (χ1v) is 7.45. The number of anilines is 1. The van der Waals surface area contributed by atoms with Crippen LogP contribution in [0, 0.1) is 18.6 Å². The summed E-state index contributed by atoms with van der Waals surface area (Å²) in [6, 6.07) is 7.43. The van der Waals surface area contributed by atoms with Crippen LogP contribution in [0.2, 0.25) is 0 Å². The standard InChI is InChI=1S/C18H18F2N2O2/c1-10(2)21-17(23)12-5-4-11(3)16(8-12)22-18(24)13-6-14(19)9-15(20)7-13/h4-10H,1-3H3,(H,21,23)(H,22,24). The third-order valence-corrected chi connectivity index (χ3v) is 3.29. The van der Waals surface area contributed by atoms with Crippen molar-refractivity contribution in [2.45, 2.75) is 26.8 Å². The second kappa shape index (κ2) is 7.21. The Balaban J connectivity index is 2.25. The fraction of sp³-hybridized carbons (Fsp3) is 0.222. The van der Waals surface area contributed by atoms with E-state index in [9.17, 15) is 18.4 Å². The third kappa shape index (κ3) is 4.38. The number of amides is 2. The fourth-order valence-electron chi connectivity index (χ4n) is 2.12. The maximum atomic E-state index is 13.2. The van der Waals surface area contributed by atoms with E-state index in [1.807, 2.05) is 13.8 Å². The van der Waals surface area contributed by atoms with E-state index in [2.05, 4.69) is 10.6 Å². The van der Waals surface area contributed by atoms with Gasteiger partial charge in [-0.05, 0) is 50.6 Å². The van der Waals surface area contributed by atoms with Crippen molar-refractivity contribution in [2.75, 3.05) is 5.32 Å². The Bertz CT molecular complexity index is 768. The van der Waals surface area contributed by atoms with E-state index in [0.717, 1.165) is 17.7 Å². The summed E-state index contributed by atoms with van der Waals surface area (Å²) in [5.74, 6) is -2.58. The zero-order valence-electron chi connectivity index (χ0n) is 13.6. The molecule has 0 aliphatic rings. The molecule has 0 saturated heterocycles. The highest BCUT2D eigenvalue weighted by molar-refractivity contribution is 6.05. The molecule has 0 aromatic heterocycles. The van der Waals surface area contributed by atoms with E-state index in [4.69, 9.17) is 0 Å². The number of hydrogen-bond donors (Lipinski definition) is 2. The number of nitrogens with one attached hydrogen (secondary N) is 2. The van der Waals surface area contributed by atoms with E-state index in [1.165, 1.54) is 6.07 Å². The lowest BCUT2D eigenvalue weighted by atomic mass is 10.1. The van der Waals surface area contributed by atoms with Gasteiger partial charge in [-0.3, -0.25) is 9.59 Å². The van der Waals surface area contributed by atoms with Crippen LogP contribution in [0.4, 0.5) is 14.5 Å². The first-order chi connectivity index (χ1) is 11.3. The molecule has 0 spiro atoms. The molecule has 4 nitrogen and oxygen atoms in total. The van der Waals surface area contributed by atoms with Crippen molar-refractivity contribution in [3.05, 3.63) is 64.7 Å². The van der Waals surface area contributed by atoms with Crippen molar-refractivity contribution in [2.24, 2.45) is 0 Å². The number of carbonyl (C=O) groups excluding carboxylic acids is 2. The third-order valence-electron chi connectivity index (χ3n) is 3.29. The first-order valence-electron chi connectivity index (χ1n) is 7.45. The summed E-state index contributed by atoms with van der Waals surface area (Å²) in [5, 5.41) is 5.33. The molecule has 6 heteroatoms. The first kappa shape index (κ1) is 17.6. The second-order valence-electron chi connectivity index (χ2n) is 5.77. The van der Waals surface area contributed by atoms with Crippen molar-refractivity contribution >= 4 is 17.5 Å². The van der Waals surface area contributed by atoms with Crippen molar-refractivity contribution in [3.8, 4) is 0 Å². The molecule has 0 aliphatic heterocycles. The highest BCUT2D eigenvalue weighted by atomic mass is 19.1. The van der Waals surface area contributed by atoms with Crippen LogP contribution in [0.15, 0.2) is 36.4 Å². The van der Waals surface area contributed by atoms with Gasteiger partial charge in [-0.25, -0.2) is 8.78 Å². The van der Waals surface area contributed by atoms with Crippen LogP contribution >= 0.6 is 0 Å². The Morgan fingerprint density at radius 2 is 1.54 bits per heavy atom. The summed E-state index contributed by atoms with van der Waals surface area (Å²) in [5.41, 5.74) is 1.38. The molecule has 24 heavy (non-hydrogen) atoms. The lowest BCUT2D eigenvalue weighted by Gasteiger charge is -2.12. The monoisotopic (exact) mass is 332 g/mol. The molecule has 0 aliphatic carbocycles. The molecule has 2 N–H and O–H groups in total. The topological polar surface area (TPSA) is 58.2 Å². The lowest BCUT2D eigenvalue weighted by molar-refractivity contribution is 0.0941. The van der Waals surface area contributed by atoms with Crippen LogP contribution in [0.5, 0.6) is 0 Å². The van der Waals surface area contributed by atoms with Gasteiger partial charge in [0.2, 0.25) is 0 Å². The van der Waals surface area contributed by atoms with E-state index < -0.39 is 17.5 Å². The van der Waals surface area contributed by atoms with Gasteiger partial charge >= 0.3 is 0 Å². The molecule has 0 atom stereocenters. The average molecular weight is 332 g/mol. The summed E-state index contributed by atoms with van der Waals surface area (Å²) in [6.07, 6.45) is 0. The zero-order chi connectivity index (χ0) is 17.9. The van der Waals surface area contributed by atoms with Crippen LogP contribution in [0.25, 0.3) is 0 Å². The number of rotatable bonds is 4. The summed E-state index contributed by atoms with van der Waals surface area (Å²) < 4.78 is 26.4. The molecule has 0 saturated carbocycles. The molecular formula is C18H18F2N2O2. The smallest absolute Gasteiger partial charge is 0.255 e. The number of hydrogen-bond acceptors (Lipinski definition) is 2. The Morgan fingerprint density at radius 3 is 2.12 bits per heavy atom. The van der Waals surface area contributed by atoms with E-state index in [-0.39, 0.29) is 17.5 Å². The molecule has 0 radical (unpaired) electrons. The Hall–Kier alpha value is -2.76. The van der Waals surface area contributed by atoms with Gasteiger partial charge in [-0.1, -0.05) is 6.07 Å². The van der Waals surface area contributed by atoms with Crippen molar-refractivity contribution in [1.82, 2.24) is 5.32 Å². The quantitative estimate of drug-likeness (QED) is 0.897. The highest BCUT2D eigenvalue weighted by Gasteiger charge is 2.13. The Morgan fingerprint density at radius 1 is 0.917 bits per heavy atom. The molecule has 2 aromatic rings. The maximum Gasteiger partial charge on any atom is 0.255 e. The summed E-state index contributed by atoms with van der Waals surface area (Å²) in [7, 11) is 0. The maximum absolute atomic E-state index is 13.2. The minimum Gasteiger partial charge on any atom is -0.350 e. The van der Waals surface area contributed by atoms with E-state index >= 15 is 0 Å². The second-order valence-corrected chi connectivity index (χ2v) is 5.77. The number of halogens is 2. The minimum atomic E-state index is -0.832. The van der Waals surface area contributed by atoms with Crippen LogP contribution in [-0.4, -0.2) is 17.9 Å². The van der Waals surface area contributed by atoms with Gasteiger partial charge < -0.3 is 10.6 Å². The van der Waals surface area contributed by atoms with Crippen molar-refractivity contribution < 1.29 is 18.4 Å². The summed E-state index contributed by atoms with van der Waals surface area (Å²) in [6.45, 7) is 5.44. The predicted molar refractivity (Wildman–Crippen MR) is 88.1 cm³/mol. The SMILES string of the molecule is Cc1ccc(C(=O)NC(C)C)cc1NC(=O)c1cc(F)cc(F)c1. The number of benzene rings is 2.